The summed E-state index contributed by atoms with van der Waals surface area (Å²) in [6, 6.07) is 6.98. The van der Waals surface area contributed by atoms with E-state index in [0.29, 0.717) is 107 Å². The van der Waals surface area contributed by atoms with Crippen molar-refractivity contribution in [2.75, 3.05) is 56.7 Å². The number of hydrogen-bond donors (Lipinski definition) is 2. The number of morpholine rings is 1. The fourth-order valence-corrected chi connectivity index (χ4v) is 10.7. The minimum absolute atomic E-state index is 0.0540. The number of alkyl halides is 2. The van der Waals surface area contributed by atoms with Gasteiger partial charge in [0, 0.05) is 58.7 Å². The van der Waals surface area contributed by atoms with Gasteiger partial charge >= 0.3 is 11.7 Å². The summed E-state index contributed by atoms with van der Waals surface area (Å²) >= 11 is 0. The number of rotatable bonds is 19. The maximum atomic E-state index is 14.3. The summed E-state index contributed by atoms with van der Waals surface area (Å²) in [4.78, 5) is 72.6. The van der Waals surface area contributed by atoms with Crippen molar-refractivity contribution in [2.45, 2.75) is 108 Å². The molecule has 2 bridgehead atoms. The SMILES string of the molecule is CN(CC1CCC(n2cc(NC(=O)c3cnn4ccc(N5C[C@H]6C[C@@H]5CO6)nc34)c(C(F)F)n2)CC1)CC(CCCOCCCc1cccc2c1n(C)c(=O)n2C1CCC(=O)CC1=O)C(=O)O. The highest BCUT2D eigenvalue weighted by Crippen LogP contribution is 2.36. The lowest BCUT2D eigenvalue weighted by molar-refractivity contribution is -0.142. The fourth-order valence-electron chi connectivity index (χ4n) is 10.7. The van der Waals surface area contributed by atoms with Crippen LogP contribution in [0.1, 0.15) is 111 Å². The van der Waals surface area contributed by atoms with E-state index in [4.69, 9.17) is 14.5 Å². The lowest BCUT2D eigenvalue weighted by atomic mass is 9.85. The Hall–Kier alpha value is -5.86. The summed E-state index contributed by atoms with van der Waals surface area (Å²) < 4.78 is 46.4. The quantitative estimate of drug-likeness (QED) is 0.0789. The van der Waals surface area contributed by atoms with Crippen LogP contribution in [-0.4, -0.2) is 126 Å². The molecule has 5 aromatic rings. The van der Waals surface area contributed by atoms with E-state index < -0.39 is 36.0 Å². The molecule has 1 aromatic carbocycles. The summed E-state index contributed by atoms with van der Waals surface area (Å²) in [6.07, 6.45) is 8.66. The Labute approximate surface area is 385 Å². The third kappa shape index (κ3) is 9.78. The molecule has 2 saturated heterocycles. The average molecular weight is 929 g/mol. The van der Waals surface area contributed by atoms with E-state index in [2.05, 4.69) is 25.3 Å². The lowest BCUT2D eigenvalue weighted by Crippen LogP contribution is -2.37. The van der Waals surface area contributed by atoms with Crippen LogP contribution in [0.5, 0.6) is 0 Å². The number of halogens is 2. The zero-order chi connectivity index (χ0) is 46.9. The number of ether oxygens (including phenoxy) is 2. The Kier molecular flexibility index (Phi) is 13.7. The molecule has 4 fully saturated rings. The molecular weight excluding hydrogens is 871 g/mol. The van der Waals surface area contributed by atoms with E-state index in [-0.39, 0.29) is 59.5 Å². The maximum absolute atomic E-state index is 14.3. The van der Waals surface area contributed by atoms with Gasteiger partial charge in [0.1, 0.15) is 17.2 Å². The first-order chi connectivity index (χ1) is 32.3. The van der Waals surface area contributed by atoms with Gasteiger partial charge in [-0.3, -0.25) is 33.0 Å². The number of aromatic nitrogens is 7. The number of imidazole rings is 1. The monoisotopic (exact) mass is 928 g/mol. The number of benzene rings is 1. The second kappa shape index (κ2) is 19.8. The smallest absolute Gasteiger partial charge is 0.329 e. The number of carbonyl (C=O) groups excluding carboxylic acids is 3. The van der Waals surface area contributed by atoms with Gasteiger partial charge in [-0.1, -0.05) is 12.1 Å². The molecule has 2 N–H and O–H groups in total. The number of nitrogens with one attached hydrogen (secondary N) is 1. The van der Waals surface area contributed by atoms with Crippen molar-refractivity contribution in [3.63, 3.8) is 0 Å². The van der Waals surface area contributed by atoms with Crippen molar-refractivity contribution in [1.82, 2.24) is 38.4 Å². The van der Waals surface area contributed by atoms with Crippen LogP contribution in [0, 0.1) is 11.8 Å². The molecule has 6 heterocycles. The number of anilines is 2. The van der Waals surface area contributed by atoms with Crippen LogP contribution in [0.2, 0.25) is 0 Å². The third-order valence-electron chi connectivity index (χ3n) is 14.2. The van der Waals surface area contributed by atoms with E-state index in [1.54, 1.807) is 22.5 Å². The van der Waals surface area contributed by atoms with E-state index >= 15 is 0 Å². The summed E-state index contributed by atoms with van der Waals surface area (Å²) in [5, 5.41) is 21.2. The summed E-state index contributed by atoms with van der Waals surface area (Å²) in [5.41, 5.74) is 2.08. The molecule has 1 amide bonds. The predicted octanol–water partition coefficient (Wildman–Crippen LogP) is 5.40. The zero-order valence-corrected chi connectivity index (χ0v) is 37.9. The maximum Gasteiger partial charge on any atom is 0.329 e. The van der Waals surface area contributed by atoms with Crippen LogP contribution in [0.4, 0.5) is 20.3 Å². The number of aryl methyl sites for hydroxylation is 2. The molecule has 67 heavy (non-hydrogen) atoms. The predicted molar refractivity (Wildman–Crippen MR) is 242 cm³/mol. The van der Waals surface area contributed by atoms with E-state index in [1.165, 1.54) is 21.5 Å². The Morgan fingerprint density at radius 1 is 1.06 bits per heavy atom. The summed E-state index contributed by atoms with van der Waals surface area (Å²) in [5.74, 6) is -1.34. The molecule has 9 rings (SSSR count). The van der Waals surface area contributed by atoms with Gasteiger partial charge in [-0.2, -0.15) is 10.2 Å². The van der Waals surface area contributed by atoms with Gasteiger partial charge in [-0.15, -0.1) is 0 Å². The Morgan fingerprint density at radius 2 is 1.87 bits per heavy atom. The Morgan fingerprint density at radius 3 is 2.60 bits per heavy atom. The molecule has 358 valence electrons. The Bertz CT molecular complexity index is 2700. The molecule has 4 atom stereocenters. The van der Waals surface area contributed by atoms with Crippen molar-refractivity contribution in [2.24, 2.45) is 18.9 Å². The van der Waals surface area contributed by atoms with Crippen LogP contribution in [0.25, 0.3) is 16.7 Å². The number of fused-ring (bicyclic) bond motifs is 4. The normalized spacial score (nSPS) is 22.5. The molecule has 0 spiro atoms. The number of carboxylic acid groups (broad SMARTS) is 1. The van der Waals surface area contributed by atoms with Crippen molar-refractivity contribution >= 4 is 51.6 Å². The minimum Gasteiger partial charge on any atom is -0.481 e. The highest BCUT2D eigenvalue weighted by atomic mass is 19.3. The molecular formula is C47H58F2N10O8. The first kappa shape index (κ1) is 46.3. The van der Waals surface area contributed by atoms with Gasteiger partial charge in [0.25, 0.3) is 12.3 Å². The van der Waals surface area contributed by atoms with Crippen molar-refractivity contribution in [3.05, 3.63) is 70.2 Å². The van der Waals surface area contributed by atoms with Gasteiger partial charge in [0.05, 0.1) is 66.1 Å². The molecule has 2 unspecified atom stereocenters. The molecule has 2 aliphatic heterocycles. The number of carboxylic acids is 1. The molecule has 2 aliphatic carbocycles. The number of Topliss-reactive ketones (excluding diaryl/α,β-unsaturated/α-hetero) is 2. The highest BCUT2D eigenvalue weighted by Gasteiger charge is 2.40. The van der Waals surface area contributed by atoms with Gasteiger partial charge in [-0.05, 0) is 94.9 Å². The number of para-hydroxylation sites is 1. The second-order valence-electron chi connectivity index (χ2n) is 18.8. The number of ketones is 2. The van der Waals surface area contributed by atoms with Crippen molar-refractivity contribution in [3.8, 4) is 0 Å². The average Bonchev–Trinajstić information content (AvgIpc) is 4.16. The standard InChI is InChI=1S/C47H58F2N10O8/c1-54(24-30(46(63)64)8-5-19-66-18-4-7-29-6-3-9-38-42(29)55(2)47(65)59(38)37-15-14-33(60)21-39(37)61)23-28-10-12-31(13-11-28)58-26-36(41(53-58)43(48)49)51-45(62)35-22-50-57-17-16-40(52-44(35)57)56-25-34-20-32(56)27-67-34/h3,6,9,16-17,22,26,28,30-32,34,37,43H,4-5,7-8,10-15,18-21,23-25,27H2,1-2H3,(H,51,62)(H,63,64)/t28?,30?,31?,32-,34-,37?/m1/s1. The second-order valence-corrected chi connectivity index (χ2v) is 18.8. The molecule has 4 aromatic heterocycles. The third-order valence-corrected chi connectivity index (χ3v) is 14.2. The topological polar surface area (TPSA) is 200 Å². The molecule has 2 saturated carbocycles. The van der Waals surface area contributed by atoms with E-state index in [9.17, 15) is 37.9 Å². The molecule has 20 heteroatoms. The van der Waals surface area contributed by atoms with Crippen molar-refractivity contribution in [1.29, 1.82) is 0 Å². The summed E-state index contributed by atoms with van der Waals surface area (Å²) in [7, 11) is 3.63. The fraction of sp³-hybridized carbons (Fsp3) is 0.574. The van der Waals surface area contributed by atoms with E-state index in [0.717, 1.165) is 30.3 Å². The Balaban J connectivity index is 0.713. The van der Waals surface area contributed by atoms with Gasteiger partial charge in [0.15, 0.2) is 17.1 Å². The zero-order valence-electron chi connectivity index (χ0n) is 37.9. The molecule has 0 radical (unpaired) electrons. The minimum atomic E-state index is -2.90. The van der Waals surface area contributed by atoms with Crippen LogP contribution in [0.15, 0.2) is 47.7 Å². The van der Waals surface area contributed by atoms with E-state index in [1.807, 2.05) is 31.3 Å². The number of carbonyl (C=O) groups is 4. The first-order valence-corrected chi connectivity index (χ1v) is 23.5. The van der Waals surface area contributed by atoms with Crippen LogP contribution in [0.3, 0.4) is 0 Å². The number of hydrogen-bond acceptors (Lipinski definition) is 12. The number of amides is 1. The molecule has 4 aliphatic rings. The highest BCUT2D eigenvalue weighted by molar-refractivity contribution is 6.08. The van der Waals surface area contributed by atoms with Crippen molar-refractivity contribution < 1.29 is 42.5 Å². The number of aliphatic carboxylic acids is 1. The number of nitrogens with zero attached hydrogens (tertiary/aromatic N) is 9. The van der Waals surface area contributed by atoms with Crippen LogP contribution < -0.4 is 15.9 Å². The lowest BCUT2D eigenvalue weighted by Gasteiger charge is -2.32. The van der Waals surface area contributed by atoms with Crippen LogP contribution >= 0.6 is 0 Å². The first-order valence-electron chi connectivity index (χ1n) is 23.5. The van der Waals surface area contributed by atoms with Crippen LogP contribution in [-0.2, 0) is 37.3 Å². The van der Waals surface area contributed by atoms with Gasteiger partial charge < -0.3 is 29.7 Å². The molecule has 18 nitrogen and oxygen atoms in total. The van der Waals surface area contributed by atoms with Gasteiger partial charge in [-0.25, -0.2) is 23.1 Å². The summed E-state index contributed by atoms with van der Waals surface area (Å²) in [6.45, 7) is 3.32. The van der Waals surface area contributed by atoms with Gasteiger partial charge in [0.2, 0.25) is 0 Å². The largest absolute Gasteiger partial charge is 0.481 e.